The van der Waals surface area contributed by atoms with Crippen molar-refractivity contribution in [1.82, 2.24) is 36.4 Å². The van der Waals surface area contributed by atoms with Gasteiger partial charge in [-0.25, -0.2) is 4.79 Å². The number of carbonyl (C=O) groups excluding carboxylic acids is 7. The van der Waals surface area contributed by atoms with E-state index in [0.29, 0.717) is 12.8 Å². The van der Waals surface area contributed by atoms with Crippen molar-refractivity contribution in [1.29, 1.82) is 0 Å². The Morgan fingerprint density at radius 1 is 0.747 bits per heavy atom. The molecule has 79 heavy (non-hydrogen) atoms. The van der Waals surface area contributed by atoms with Crippen molar-refractivity contribution in [2.75, 3.05) is 26.4 Å². The highest BCUT2D eigenvalue weighted by molar-refractivity contribution is 8.01. The van der Waals surface area contributed by atoms with Crippen LogP contribution in [0.3, 0.4) is 0 Å². The first-order valence-electron chi connectivity index (χ1n) is 27.9. The van der Waals surface area contributed by atoms with Gasteiger partial charge in [0.15, 0.2) is 5.78 Å². The summed E-state index contributed by atoms with van der Waals surface area (Å²) in [7, 11) is 3.09. The summed E-state index contributed by atoms with van der Waals surface area (Å²) < 4.78 is 4.31. The zero-order valence-corrected chi connectivity index (χ0v) is 49.1. The van der Waals surface area contributed by atoms with Crippen molar-refractivity contribution in [3.05, 3.63) is 106 Å². The van der Waals surface area contributed by atoms with Crippen LogP contribution >= 0.6 is 11.8 Å². The predicted molar refractivity (Wildman–Crippen MR) is 306 cm³/mol. The lowest BCUT2D eigenvalue weighted by Crippen LogP contribution is -2.59. The molecule has 1 fully saturated rings. The molecule has 6 amide bonds. The minimum absolute atomic E-state index is 0.120. The largest absolute Gasteiger partial charge is 0.481 e. The number of ether oxygens (including phenoxy) is 1. The number of likely N-dealkylation sites (N-methyl/N-ethyl adjacent to an activating group) is 2. The monoisotopic (exact) mass is 1110 g/mol. The number of nitrogens with one attached hydrogen (secondary N) is 5. The van der Waals surface area contributed by atoms with Crippen molar-refractivity contribution in [3.63, 3.8) is 0 Å². The van der Waals surface area contributed by atoms with Crippen molar-refractivity contribution >= 4 is 59.1 Å². The lowest BCUT2D eigenvalue weighted by Gasteiger charge is -2.36. The molecule has 6 N–H and O–H groups in total. The van der Waals surface area contributed by atoms with Crippen LogP contribution in [0, 0.1) is 11.3 Å². The maximum atomic E-state index is 14.9. The minimum Gasteiger partial charge on any atom is -0.481 e. The minimum atomic E-state index is -1.28. The number of aliphatic carboxylic acids is 1. The lowest BCUT2D eigenvalue weighted by molar-refractivity contribution is -0.144. The second-order valence-corrected chi connectivity index (χ2v) is 26.0. The quantitative estimate of drug-likeness (QED) is 0.0615. The van der Waals surface area contributed by atoms with Crippen LogP contribution in [-0.2, 0) is 57.6 Å². The van der Waals surface area contributed by atoms with E-state index in [0.717, 1.165) is 76.6 Å². The van der Waals surface area contributed by atoms with Gasteiger partial charge in [-0.3, -0.25) is 38.5 Å². The summed E-state index contributed by atoms with van der Waals surface area (Å²) >= 11 is 0.978. The zero-order valence-electron chi connectivity index (χ0n) is 48.3. The first kappa shape index (κ1) is 61.9. The van der Waals surface area contributed by atoms with Gasteiger partial charge in [-0.2, -0.15) is 0 Å². The Hall–Kier alpha value is -6.27. The van der Waals surface area contributed by atoms with E-state index in [2.05, 4.69) is 38.7 Å². The molecule has 3 aliphatic rings. The van der Waals surface area contributed by atoms with Crippen molar-refractivity contribution in [2.45, 2.75) is 186 Å². The third-order valence-corrected chi connectivity index (χ3v) is 17.1. The Kier molecular flexibility index (Phi) is 20.6. The van der Waals surface area contributed by atoms with E-state index < -0.39 is 75.6 Å². The van der Waals surface area contributed by atoms with Gasteiger partial charge in [-0.1, -0.05) is 93.6 Å². The molecule has 0 spiro atoms. The molecule has 6 rings (SSSR count). The molecule has 9 atom stereocenters. The fourth-order valence-electron chi connectivity index (χ4n) is 10.9. The van der Waals surface area contributed by atoms with Crippen molar-refractivity contribution < 1.29 is 48.2 Å². The standard InChI is InChI=1S/C61H85N7O10S/c1-36(62-11)53(72)66-52(59(3,4)5)57(76)68-34-43(32-48(68)56(75)64-47-26-18-22-41-20-14-16-24-45(41)47)39-29-27-38(28-30-39)31-42(55(74)63-46-25-17-21-40-19-13-15-23-44(40)46)33-49(69)51(61(9,10)79-35-50(70)71)65-54(73)37(2)67(12)58(77)78-60(6,7)8/h13-16,19-20,23-24,27-30,36-37,42-43,46-48,51-52,62H,17-18,21-22,25-26,31-35H2,1-12H3,(H,63,74)(H,64,75)(H,65,73)(H,66,72)(H,70,71)/t36-,37-,42+,43?,46?,47?,48-,51+,52+/m0/s1. The molecule has 0 bridgehead atoms. The summed E-state index contributed by atoms with van der Waals surface area (Å²) in [4.78, 5) is 114. The number of Topliss-reactive ketones (excluding diaryl/α,β-unsaturated/α-hetero) is 1. The van der Waals surface area contributed by atoms with Crippen LogP contribution in [0.15, 0.2) is 72.8 Å². The number of nitrogens with zero attached hydrogens (tertiary/aromatic N) is 2. The third kappa shape index (κ3) is 16.2. The van der Waals surface area contributed by atoms with Gasteiger partial charge in [0, 0.05) is 36.6 Å². The number of likely N-dealkylation sites (tertiary alicyclic amines) is 1. The Bertz CT molecular complexity index is 2700. The fourth-order valence-corrected chi connectivity index (χ4v) is 11.7. The molecule has 18 heteroatoms. The number of fused-ring (bicyclic) bond motifs is 2. The third-order valence-electron chi connectivity index (χ3n) is 15.7. The molecule has 17 nitrogen and oxygen atoms in total. The molecule has 2 aliphatic carbocycles. The second-order valence-electron chi connectivity index (χ2n) is 24.4. The van der Waals surface area contributed by atoms with E-state index in [4.69, 9.17) is 4.74 Å². The number of carboxylic acids is 1. The average molecular weight is 1110 g/mol. The molecular weight excluding hydrogens is 1020 g/mol. The van der Waals surface area contributed by atoms with Crippen molar-refractivity contribution in [3.8, 4) is 0 Å². The van der Waals surface area contributed by atoms with Gasteiger partial charge in [0.25, 0.3) is 0 Å². The van der Waals surface area contributed by atoms with E-state index in [-0.39, 0.29) is 66.8 Å². The van der Waals surface area contributed by atoms with E-state index in [1.54, 1.807) is 53.5 Å². The van der Waals surface area contributed by atoms with E-state index >= 15 is 0 Å². The molecule has 430 valence electrons. The molecule has 1 heterocycles. The zero-order chi connectivity index (χ0) is 58.1. The van der Waals surface area contributed by atoms with Crippen LogP contribution in [0.5, 0.6) is 0 Å². The van der Waals surface area contributed by atoms with Gasteiger partial charge in [-0.05, 0) is 146 Å². The molecule has 0 saturated carbocycles. The Labute approximate surface area is 471 Å². The molecule has 3 aromatic carbocycles. The number of hydrogen-bond donors (Lipinski definition) is 6. The summed E-state index contributed by atoms with van der Waals surface area (Å²) in [5.41, 5.74) is 4.47. The number of benzene rings is 3. The SMILES string of the molecule is CN[C@@H](C)C(=O)N[C@H](C(=O)N1CC(c2ccc(C[C@H](CC(=O)[C@@H](NC(=O)[C@H](C)N(C)C(=O)OC(C)(C)C)C(C)(C)SCC(=O)O)C(=O)NC3CCCc4ccccc43)cc2)C[C@H]1C(=O)NC1CCCc2ccccc21)C(C)(C)C. The topological polar surface area (TPSA) is 233 Å². The van der Waals surface area contributed by atoms with Crippen molar-refractivity contribution in [2.24, 2.45) is 11.3 Å². The van der Waals surface area contributed by atoms with Gasteiger partial charge in [0.1, 0.15) is 29.8 Å². The normalized spacial score (nSPS) is 20.2. The number of rotatable bonds is 21. The summed E-state index contributed by atoms with van der Waals surface area (Å²) in [5, 5.41) is 25.0. The smallest absolute Gasteiger partial charge is 0.410 e. The number of carbonyl (C=O) groups is 8. The molecule has 1 aliphatic heterocycles. The summed E-state index contributed by atoms with van der Waals surface area (Å²) in [6, 6.07) is 18.5. The molecular formula is C61H85N7O10S. The number of thioether (sulfide) groups is 1. The highest BCUT2D eigenvalue weighted by atomic mass is 32.2. The predicted octanol–water partition coefficient (Wildman–Crippen LogP) is 7.35. The van der Waals surface area contributed by atoms with E-state index in [1.807, 2.05) is 81.4 Å². The maximum absolute atomic E-state index is 14.9. The van der Waals surface area contributed by atoms with Gasteiger partial charge in [-0.15, -0.1) is 11.8 Å². The number of amides is 6. The van der Waals surface area contributed by atoms with E-state index in [9.17, 15) is 43.5 Å². The summed E-state index contributed by atoms with van der Waals surface area (Å²) in [6.45, 7) is 17.5. The summed E-state index contributed by atoms with van der Waals surface area (Å²) in [6.07, 6.45) is 4.40. The first-order chi connectivity index (χ1) is 37.1. The molecule has 1 saturated heterocycles. The number of aryl methyl sites for hydroxylation is 2. The molecule has 0 aromatic heterocycles. The van der Waals surface area contributed by atoms with Crippen LogP contribution in [0.25, 0.3) is 0 Å². The first-order valence-corrected chi connectivity index (χ1v) is 28.8. The van der Waals surface area contributed by atoms with Crippen LogP contribution in [0.1, 0.15) is 159 Å². The maximum Gasteiger partial charge on any atom is 0.410 e. The van der Waals surface area contributed by atoms with Crippen LogP contribution in [0.4, 0.5) is 4.79 Å². The van der Waals surface area contributed by atoms with Crippen LogP contribution < -0.4 is 26.6 Å². The highest BCUT2D eigenvalue weighted by Crippen LogP contribution is 2.38. The fraction of sp³-hybridized carbons (Fsp3) is 0.574. The Balaban J connectivity index is 1.30. The Morgan fingerprint density at radius 2 is 1.30 bits per heavy atom. The lowest BCUT2D eigenvalue weighted by atomic mass is 9.85. The van der Waals surface area contributed by atoms with Gasteiger partial charge in [0.05, 0.1) is 23.9 Å². The molecule has 3 aromatic rings. The number of carboxylic acid groups (broad SMARTS) is 1. The summed E-state index contributed by atoms with van der Waals surface area (Å²) in [5.74, 6) is -5.17. The second kappa shape index (κ2) is 26.3. The average Bonchev–Trinajstić information content (AvgIpc) is 3.87. The number of hydrogen-bond acceptors (Lipinski definition) is 11. The van der Waals surface area contributed by atoms with Crippen LogP contribution in [-0.4, -0.2) is 129 Å². The highest BCUT2D eigenvalue weighted by Gasteiger charge is 2.47. The molecule has 0 radical (unpaired) electrons. The number of ketones is 1. The molecule has 3 unspecified atom stereocenters. The van der Waals surface area contributed by atoms with Gasteiger partial charge < -0.3 is 41.3 Å². The van der Waals surface area contributed by atoms with E-state index in [1.165, 1.54) is 19.5 Å². The Morgan fingerprint density at radius 3 is 1.85 bits per heavy atom. The van der Waals surface area contributed by atoms with Gasteiger partial charge >= 0.3 is 12.1 Å². The van der Waals surface area contributed by atoms with Crippen LogP contribution in [0.2, 0.25) is 0 Å². The van der Waals surface area contributed by atoms with Gasteiger partial charge in [0.2, 0.25) is 29.5 Å².